The lowest BCUT2D eigenvalue weighted by Gasteiger charge is -2.04. The van der Waals surface area contributed by atoms with Gasteiger partial charge >= 0.3 is 11.1 Å². The normalized spacial score (nSPS) is 10.6. The molecule has 0 amide bonds. The predicted molar refractivity (Wildman–Crippen MR) is 78.3 cm³/mol. The van der Waals surface area contributed by atoms with Crippen molar-refractivity contribution < 1.29 is 19.2 Å². The highest BCUT2D eigenvalue weighted by Crippen LogP contribution is 2.14. The Morgan fingerprint density at radius 3 is 2.76 bits per heavy atom. The summed E-state index contributed by atoms with van der Waals surface area (Å²) in [6.45, 7) is 5.06. The quantitative estimate of drug-likeness (QED) is 0.602. The number of carboxylic acid groups (broad SMARTS) is 1. The lowest BCUT2D eigenvalue weighted by molar-refractivity contribution is -0.737. The Bertz CT molecular complexity index is 610. The van der Waals surface area contributed by atoms with Crippen LogP contribution >= 0.6 is 11.8 Å². The Kier molecular flexibility index (Phi) is 5.21. The van der Waals surface area contributed by atoms with Gasteiger partial charge in [-0.3, -0.25) is 4.79 Å². The molecule has 0 saturated heterocycles. The second-order valence-corrected chi connectivity index (χ2v) is 5.42. The van der Waals surface area contributed by atoms with Gasteiger partial charge in [0.1, 0.15) is 11.5 Å². The molecule has 112 valence electrons. The molecule has 0 spiro atoms. The minimum Gasteiger partial charge on any atom is -0.482 e. The fraction of sp³-hybridized carbons (Fsp3) is 0.357. The van der Waals surface area contributed by atoms with E-state index in [2.05, 4.69) is 10.2 Å². The van der Waals surface area contributed by atoms with Crippen molar-refractivity contribution in [2.75, 3.05) is 5.75 Å². The first-order valence-corrected chi connectivity index (χ1v) is 7.60. The Morgan fingerprint density at radius 1 is 1.43 bits per heavy atom. The van der Waals surface area contributed by atoms with Crippen LogP contribution < -0.4 is 9.30 Å². The molecule has 0 saturated carbocycles. The van der Waals surface area contributed by atoms with Gasteiger partial charge in [-0.05, 0) is 37.7 Å². The van der Waals surface area contributed by atoms with E-state index in [0.717, 1.165) is 11.6 Å². The van der Waals surface area contributed by atoms with Crippen molar-refractivity contribution in [3.63, 3.8) is 0 Å². The lowest BCUT2D eigenvalue weighted by Crippen LogP contribution is -2.38. The van der Waals surface area contributed by atoms with E-state index in [9.17, 15) is 4.79 Å². The third-order valence-electron chi connectivity index (χ3n) is 2.87. The van der Waals surface area contributed by atoms with Crippen LogP contribution in [0.4, 0.5) is 0 Å². The zero-order valence-corrected chi connectivity index (χ0v) is 12.8. The molecule has 0 fully saturated rings. The van der Waals surface area contributed by atoms with Gasteiger partial charge in [0.15, 0.2) is 6.61 Å². The van der Waals surface area contributed by atoms with Crippen molar-refractivity contribution in [1.82, 2.24) is 10.2 Å². The molecular formula is C14H18N3O3S+. The summed E-state index contributed by atoms with van der Waals surface area (Å²) in [7, 11) is 0. The van der Waals surface area contributed by atoms with Crippen LogP contribution in [0.15, 0.2) is 29.4 Å². The topological polar surface area (TPSA) is 79.1 Å². The average Bonchev–Trinajstić information content (AvgIpc) is 2.86. The molecule has 1 aromatic heterocycles. The molecule has 0 aliphatic heterocycles. The predicted octanol–water partition coefficient (Wildman–Crippen LogP) is 1.78. The van der Waals surface area contributed by atoms with Crippen molar-refractivity contribution in [2.45, 2.75) is 32.2 Å². The highest BCUT2D eigenvalue weighted by molar-refractivity contribution is 7.99. The summed E-state index contributed by atoms with van der Waals surface area (Å²) < 4.78 is 7.63. The standard InChI is InChI=1S/C14H17N3O3S/c1-3-17-12(15-16-14(17)21-9-13(18)19)8-20-11-6-4-10(2)5-7-11/h4-7H,3,8-9H2,1-2H3,(H,18,19)/p+1. The molecule has 0 unspecified atom stereocenters. The number of hydrogen-bond acceptors (Lipinski definition) is 4. The average molecular weight is 308 g/mol. The molecule has 0 atom stereocenters. The van der Waals surface area contributed by atoms with Crippen LogP contribution in [0.3, 0.4) is 0 Å². The molecular weight excluding hydrogens is 290 g/mol. The SMILES string of the molecule is CC[n+]1c(SCC(=O)O)n[nH]c1COc1ccc(C)cc1. The number of aliphatic carboxylic acids is 1. The van der Waals surface area contributed by atoms with E-state index in [4.69, 9.17) is 9.84 Å². The van der Waals surface area contributed by atoms with Crippen LogP contribution in [0.2, 0.25) is 0 Å². The van der Waals surface area contributed by atoms with Crippen LogP contribution in [-0.2, 0) is 17.9 Å². The first kappa shape index (κ1) is 15.4. The summed E-state index contributed by atoms with van der Waals surface area (Å²) in [5, 5.41) is 16.4. The number of nitrogens with zero attached hydrogens (tertiary/aromatic N) is 2. The van der Waals surface area contributed by atoms with Gasteiger partial charge in [-0.2, -0.15) is 0 Å². The molecule has 21 heavy (non-hydrogen) atoms. The minimum atomic E-state index is -0.858. The van der Waals surface area contributed by atoms with Crippen LogP contribution in [0.5, 0.6) is 5.75 Å². The number of thioether (sulfide) groups is 1. The summed E-state index contributed by atoms with van der Waals surface area (Å²) in [4.78, 5) is 10.6. The van der Waals surface area contributed by atoms with Crippen LogP contribution in [0.1, 0.15) is 18.3 Å². The molecule has 1 aromatic carbocycles. The fourth-order valence-electron chi connectivity index (χ4n) is 1.81. The Hall–Kier alpha value is -2.02. The van der Waals surface area contributed by atoms with Gasteiger partial charge in [-0.1, -0.05) is 17.7 Å². The Morgan fingerprint density at radius 2 is 2.14 bits per heavy atom. The molecule has 2 N–H and O–H groups in total. The van der Waals surface area contributed by atoms with Crippen molar-refractivity contribution in [3.05, 3.63) is 35.7 Å². The maximum atomic E-state index is 10.6. The molecule has 6 nitrogen and oxygen atoms in total. The first-order chi connectivity index (χ1) is 10.1. The maximum Gasteiger partial charge on any atom is 0.337 e. The van der Waals surface area contributed by atoms with Crippen molar-refractivity contribution in [3.8, 4) is 5.75 Å². The van der Waals surface area contributed by atoms with Crippen molar-refractivity contribution in [2.24, 2.45) is 0 Å². The minimum absolute atomic E-state index is 0.0108. The summed E-state index contributed by atoms with van der Waals surface area (Å²) >= 11 is 1.19. The number of aromatic nitrogens is 3. The van der Waals surface area contributed by atoms with Crippen LogP contribution in [0.25, 0.3) is 0 Å². The molecule has 0 aliphatic rings. The van der Waals surface area contributed by atoms with Gasteiger partial charge in [0.2, 0.25) is 0 Å². The number of carbonyl (C=O) groups is 1. The first-order valence-electron chi connectivity index (χ1n) is 6.61. The molecule has 0 bridgehead atoms. The lowest BCUT2D eigenvalue weighted by atomic mass is 10.2. The van der Waals surface area contributed by atoms with E-state index in [1.54, 1.807) is 0 Å². The molecule has 2 aromatic rings. The summed E-state index contributed by atoms with van der Waals surface area (Å²) in [5.41, 5.74) is 1.18. The third kappa shape index (κ3) is 4.22. The number of ether oxygens (including phenoxy) is 1. The van der Waals surface area contributed by atoms with E-state index in [1.807, 2.05) is 42.7 Å². The van der Waals surface area contributed by atoms with Crippen LogP contribution in [0, 0.1) is 6.92 Å². The van der Waals surface area contributed by atoms with Gasteiger partial charge in [0, 0.05) is 0 Å². The number of rotatable bonds is 7. The monoisotopic (exact) mass is 308 g/mol. The van der Waals surface area contributed by atoms with Crippen molar-refractivity contribution >= 4 is 17.7 Å². The third-order valence-corrected chi connectivity index (χ3v) is 3.84. The van der Waals surface area contributed by atoms with E-state index < -0.39 is 5.97 Å². The van der Waals surface area contributed by atoms with E-state index in [0.29, 0.717) is 18.3 Å². The maximum absolute atomic E-state index is 10.6. The van der Waals surface area contributed by atoms with Gasteiger partial charge in [0.25, 0.3) is 5.82 Å². The van der Waals surface area contributed by atoms with E-state index in [-0.39, 0.29) is 5.75 Å². The second kappa shape index (κ2) is 7.12. The molecule has 1 heterocycles. The number of hydrogen-bond donors (Lipinski definition) is 2. The molecule has 0 aliphatic carbocycles. The smallest absolute Gasteiger partial charge is 0.337 e. The van der Waals surface area contributed by atoms with Crippen LogP contribution in [-0.4, -0.2) is 27.0 Å². The zero-order valence-electron chi connectivity index (χ0n) is 12.0. The zero-order chi connectivity index (χ0) is 15.2. The summed E-state index contributed by atoms with van der Waals surface area (Å²) in [5.74, 6) is 0.731. The highest BCUT2D eigenvalue weighted by atomic mass is 32.2. The summed E-state index contributed by atoms with van der Waals surface area (Å²) in [6.07, 6.45) is 0. The Balaban J connectivity index is 2.02. The molecule has 0 radical (unpaired) electrons. The number of aromatic amines is 1. The Labute approximate surface area is 127 Å². The van der Waals surface area contributed by atoms with Gasteiger partial charge in [0.05, 0.1) is 11.6 Å². The number of aryl methyl sites for hydroxylation is 1. The summed E-state index contributed by atoms with van der Waals surface area (Å²) in [6, 6.07) is 7.82. The van der Waals surface area contributed by atoms with Gasteiger partial charge in [-0.15, -0.1) is 5.10 Å². The number of carboxylic acids is 1. The molecule has 2 rings (SSSR count). The number of benzene rings is 1. The van der Waals surface area contributed by atoms with Gasteiger partial charge < -0.3 is 9.84 Å². The second-order valence-electron chi connectivity index (χ2n) is 4.48. The van der Waals surface area contributed by atoms with Gasteiger partial charge in [-0.25, -0.2) is 4.57 Å². The van der Waals surface area contributed by atoms with E-state index >= 15 is 0 Å². The highest BCUT2D eigenvalue weighted by Gasteiger charge is 2.20. The molecule has 7 heteroatoms. The van der Waals surface area contributed by atoms with E-state index in [1.165, 1.54) is 17.3 Å². The number of H-pyrrole nitrogens is 1. The largest absolute Gasteiger partial charge is 0.482 e. The number of nitrogens with one attached hydrogen (secondary N) is 1. The van der Waals surface area contributed by atoms with Crippen molar-refractivity contribution in [1.29, 1.82) is 0 Å². The fourth-order valence-corrected chi connectivity index (χ4v) is 2.57.